The predicted octanol–water partition coefficient (Wildman–Crippen LogP) is 1.12. The number of nitrogens with zero attached hydrogens (tertiary/aromatic N) is 2. The number of fused-ring (bicyclic) bond motifs is 2. The van der Waals surface area contributed by atoms with Crippen LogP contribution in [-0.4, -0.2) is 35.2 Å². The average Bonchev–Trinajstić information content (AvgIpc) is 2.62. The molecule has 20 heavy (non-hydrogen) atoms. The third-order valence-electron chi connectivity index (χ3n) is 3.98. The van der Waals surface area contributed by atoms with Gasteiger partial charge in [0.05, 0.1) is 0 Å². The number of carbonyl (C=O) groups excluding carboxylic acids is 1. The predicted molar refractivity (Wildman–Crippen MR) is 72.9 cm³/mol. The second-order valence-corrected chi connectivity index (χ2v) is 5.19. The number of hydrogen-bond acceptors (Lipinski definition) is 4. The Hall–Kier alpha value is -2.21. The Labute approximate surface area is 116 Å². The van der Waals surface area contributed by atoms with E-state index in [0.29, 0.717) is 18.7 Å². The molecule has 0 bridgehead atoms. The standard InChI is InChI=1S/C14H15N3O3/c1-8-6-10-11(16-9(8)2)17(13(19)20)12(18)14(10)4-3-5-15-7-14/h3-4,6,15H,5,7H2,1-2H3,(H,19,20)/t14-/m0/s1. The Kier molecular flexibility index (Phi) is 2.65. The van der Waals surface area contributed by atoms with Gasteiger partial charge in [0.1, 0.15) is 11.2 Å². The minimum Gasteiger partial charge on any atom is -0.464 e. The minimum absolute atomic E-state index is 0.235. The van der Waals surface area contributed by atoms with Crippen molar-refractivity contribution in [2.24, 2.45) is 0 Å². The molecule has 2 aliphatic heterocycles. The molecule has 2 aliphatic rings. The molecular weight excluding hydrogens is 258 g/mol. The molecule has 6 nitrogen and oxygen atoms in total. The third kappa shape index (κ3) is 1.51. The van der Waals surface area contributed by atoms with Crippen molar-refractivity contribution >= 4 is 17.8 Å². The summed E-state index contributed by atoms with van der Waals surface area (Å²) in [6.45, 7) is 4.78. The summed E-state index contributed by atoms with van der Waals surface area (Å²) in [6.07, 6.45) is 2.36. The number of anilines is 1. The molecule has 2 N–H and O–H groups in total. The summed E-state index contributed by atoms with van der Waals surface area (Å²) >= 11 is 0. The van der Waals surface area contributed by atoms with Gasteiger partial charge >= 0.3 is 6.09 Å². The second kappa shape index (κ2) is 4.14. The van der Waals surface area contributed by atoms with Crippen molar-refractivity contribution in [1.29, 1.82) is 0 Å². The summed E-state index contributed by atoms with van der Waals surface area (Å²) < 4.78 is 0. The van der Waals surface area contributed by atoms with E-state index in [1.807, 2.05) is 19.1 Å². The van der Waals surface area contributed by atoms with Crippen LogP contribution in [0.25, 0.3) is 0 Å². The zero-order valence-electron chi connectivity index (χ0n) is 11.3. The molecule has 6 heteroatoms. The van der Waals surface area contributed by atoms with Crippen LogP contribution in [0.1, 0.15) is 16.8 Å². The van der Waals surface area contributed by atoms with Crippen molar-refractivity contribution < 1.29 is 14.7 Å². The number of rotatable bonds is 0. The molecule has 0 radical (unpaired) electrons. The van der Waals surface area contributed by atoms with Crippen molar-refractivity contribution in [3.05, 3.63) is 35.0 Å². The Balaban J connectivity index is 2.29. The first-order chi connectivity index (χ1) is 9.47. The number of aromatic nitrogens is 1. The molecule has 1 atom stereocenters. The normalized spacial score (nSPS) is 24.3. The van der Waals surface area contributed by atoms with Gasteiger partial charge in [0.25, 0.3) is 5.91 Å². The summed E-state index contributed by atoms with van der Waals surface area (Å²) in [5, 5.41) is 12.5. The lowest BCUT2D eigenvalue weighted by Gasteiger charge is -2.27. The smallest absolute Gasteiger partial charge is 0.420 e. The molecule has 1 aromatic rings. The van der Waals surface area contributed by atoms with Gasteiger partial charge in [-0.3, -0.25) is 4.79 Å². The van der Waals surface area contributed by atoms with Crippen LogP contribution >= 0.6 is 0 Å². The monoisotopic (exact) mass is 273 g/mol. The third-order valence-corrected chi connectivity index (χ3v) is 3.98. The molecular formula is C14H15N3O3. The van der Waals surface area contributed by atoms with Gasteiger partial charge in [-0.2, -0.15) is 4.90 Å². The molecule has 1 aromatic heterocycles. The van der Waals surface area contributed by atoms with Crippen LogP contribution in [0.15, 0.2) is 18.2 Å². The highest BCUT2D eigenvalue weighted by molar-refractivity contribution is 6.21. The van der Waals surface area contributed by atoms with Crippen LogP contribution in [-0.2, 0) is 10.2 Å². The van der Waals surface area contributed by atoms with Gasteiger partial charge in [-0.1, -0.05) is 12.2 Å². The first-order valence-electron chi connectivity index (χ1n) is 6.42. The summed E-state index contributed by atoms with van der Waals surface area (Å²) in [7, 11) is 0. The number of carboxylic acid groups (broad SMARTS) is 1. The van der Waals surface area contributed by atoms with Crippen LogP contribution in [0.4, 0.5) is 10.6 Å². The molecule has 0 saturated carbocycles. The van der Waals surface area contributed by atoms with Crippen LogP contribution in [0.2, 0.25) is 0 Å². The van der Waals surface area contributed by atoms with E-state index in [4.69, 9.17) is 0 Å². The van der Waals surface area contributed by atoms with Gasteiger partial charge in [-0.25, -0.2) is 9.78 Å². The van der Waals surface area contributed by atoms with Crippen molar-refractivity contribution in [3.63, 3.8) is 0 Å². The lowest BCUT2D eigenvalue weighted by atomic mass is 9.80. The lowest BCUT2D eigenvalue weighted by molar-refractivity contribution is -0.121. The van der Waals surface area contributed by atoms with E-state index in [9.17, 15) is 14.7 Å². The van der Waals surface area contributed by atoms with Crippen molar-refractivity contribution in [2.45, 2.75) is 19.3 Å². The maximum absolute atomic E-state index is 12.6. The number of aryl methyl sites for hydroxylation is 2. The van der Waals surface area contributed by atoms with Crippen LogP contribution in [0.5, 0.6) is 0 Å². The van der Waals surface area contributed by atoms with Gasteiger partial charge in [-0.05, 0) is 25.5 Å². The van der Waals surface area contributed by atoms with Crippen molar-refractivity contribution in [3.8, 4) is 0 Å². The largest absolute Gasteiger partial charge is 0.464 e. The Morgan fingerprint density at radius 1 is 1.50 bits per heavy atom. The summed E-state index contributed by atoms with van der Waals surface area (Å²) in [5.74, 6) is -0.222. The molecule has 0 saturated heterocycles. The zero-order chi connectivity index (χ0) is 14.5. The molecule has 3 rings (SSSR count). The SMILES string of the molecule is Cc1cc2c(nc1C)N(C(=O)O)C(=O)[C@]21C=CCNC1. The maximum Gasteiger partial charge on any atom is 0.420 e. The zero-order valence-corrected chi connectivity index (χ0v) is 11.3. The fourth-order valence-electron chi connectivity index (χ4n) is 2.78. The van der Waals surface area contributed by atoms with Crippen molar-refractivity contribution in [1.82, 2.24) is 10.3 Å². The minimum atomic E-state index is -1.29. The molecule has 0 fully saturated rings. The summed E-state index contributed by atoms with van der Waals surface area (Å²) in [4.78, 5) is 29.1. The Morgan fingerprint density at radius 3 is 2.85 bits per heavy atom. The topological polar surface area (TPSA) is 82.5 Å². The number of amides is 2. The quantitative estimate of drug-likeness (QED) is 0.692. The molecule has 104 valence electrons. The van der Waals surface area contributed by atoms with E-state index < -0.39 is 17.4 Å². The fourth-order valence-corrected chi connectivity index (χ4v) is 2.78. The summed E-state index contributed by atoms with van der Waals surface area (Å²) in [6, 6.07) is 1.87. The van der Waals surface area contributed by atoms with E-state index in [1.54, 1.807) is 13.0 Å². The van der Waals surface area contributed by atoms with Gasteiger partial charge < -0.3 is 10.4 Å². The first-order valence-corrected chi connectivity index (χ1v) is 6.42. The fraction of sp³-hybridized carbons (Fsp3) is 0.357. The highest BCUT2D eigenvalue weighted by Gasteiger charge is 2.53. The highest BCUT2D eigenvalue weighted by Crippen LogP contribution is 2.43. The first kappa shape index (κ1) is 12.8. The Morgan fingerprint density at radius 2 is 2.25 bits per heavy atom. The Bertz CT molecular complexity index is 653. The molecule has 2 amide bonds. The van der Waals surface area contributed by atoms with E-state index in [2.05, 4.69) is 10.3 Å². The average molecular weight is 273 g/mol. The van der Waals surface area contributed by atoms with Gasteiger partial charge in [0.2, 0.25) is 0 Å². The molecule has 0 aromatic carbocycles. The summed E-state index contributed by atoms with van der Waals surface area (Å²) in [5.41, 5.74) is 1.39. The lowest BCUT2D eigenvalue weighted by Crippen LogP contribution is -2.49. The van der Waals surface area contributed by atoms with Crippen LogP contribution in [0, 0.1) is 13.8 Å². The number of pyridine rings is 1. The van der Waals surface area contributed by atoms with Crippen LogP contribution in [0.3, 0.4) is 0 Å². The molecule has 3 heterocycles. The van der Waals surface area contributed by atoms with E-state index in [-0.39, 0.29) is 5.82 Å². The van der Waals surface area contributed by atoms with Gasteiger partial charge in [0.15, 0.2) is 0 Å². The van der Waals surface area contributed by atoms with Crippen LogP contribution < -0.4 is 10.2 Å². The molecule has 1 spiro atoms. The molecule has 0 aliphatic carbocycles. The molecule has 0 unspecified atom stereocenters. The van der Waals surface area contributed by atoms with Crippen molar-refractivity contribution in [2.75, 3.05) is 18.0 Å². The van der Waals surface area contributed by atoms with Gasteiger partial charge in [0, 0.05) is 24.3 Å². The maximum atomic E-state index is 12.6. The number of nitrogens with one attached hydrogen (secondary N) is 1. The van der Waals surface area contributed by atoms with Gasteiger partial charge in [-0.15, -0.1) is 0 Å². The number of imide groups is 1. The van der Waals surface area contributed by atoms with E-state index in [1.165, 1.54) is 0 Å². The van der Waals surface area contributed by atoms with E-state index in [0.717, 1.165) is 16.2 Å². The second-order valence-electron chi connectivity index (χ2n) is 5.19. The number of hydrogen-bond donors (Lipinski definition) is 2. The highest BCUT2D eigenvalue weighted by atomic mass is 16.4. The number of carbonyl (C=O) groups is 2. The van der Waals surface area contributed by atoms with E-state index >= 15 is 0 Å².